The molecule has 0 aromatic carbocycles. The predicted octanol–water partition coefficient (Wildman–Crippen LogP) is 1.53. The molecule has 0 aliphatic heterocycles. The molecule has 0 aliphatic carbocycles. The van der Waals surface area contributed by atoms with Gasteiger partial charge in [0.05, 0.1) is 12.2 Å². The molecule has 0 bridgehead atoms. The molecule has 0 spiro atoms. The topological polar surface area (TPSA) is 72.2 Å². The minimum absolute atomic E-state index is 0.105. The number of nitrogens with one attached hydrogen (secondary N) is 1. The van der Waals surface area contributed by atoms with Crippen molar-refractivity contribution < 1.29 is 12.9 Å². The van der Waals surface area contributed by atoms with E-state index in [1.807, 2.05) is 20.8 Å². The van der Waals surface area contributed by atoms with Crippen LogP contribution in [0, 0.1) is 0 Å². The van der Waals surface area contributed by atoms with E-state index < -0.39 is 10.0 Å². The molecule has 0 radical (unpaired) electrons. The molecular formula is C10H16N2O3S. The summed E-state index contributed by atoms with van der Waals surface area (Å²) in [4.78, 5) is 0. The molecule has 0 saturated heterocycles. The van der Waals surface area contributed by atoms with Crippen LogP contribution in [0.5, 0.6) is 0 Å². The lowest BCUT2D eigenvalue weighted by atomic mass is 9.93. The third-order valence-corrected chi connectivity index (χ3v) is 2.96. The normalized spacial score (nSPS) is 12.7. The molecule has 0 unspecified atom stereocenters. The molecule has 0 saturated carbocycles. The van der Waals surface area contributed by atoms with Crippen molar-refractivity contribution in [3.05, 3.63) is 29.5 Å². The first kappa shape index (κ1) is 12.9. The van der Waals surface area contributed by atoms with Crippen molar-refractivity contribution in [3.63, 3.8) is 0 Å². The van der Waals surface area contributed by atoms with Gasteiger partial charge in [-0.2, -0.15) is 0 Å². The van der Waals surface area contributed by atoms with Gasteiger partial charge in [-0.05, 0) is 0 Å². The Balaban J connectivity index is 2.71. The van der Waals surface area contributed by atoms with E-state index in [4.69, 9.17) is 4.52 Å². The molecule has 6 heteroatoms. The highest BCUT2D eigenvalue weighted by molar-refractivity contribution is 7.92. The lowest BCUT2D eigenvalue weighted by Gasteiger charge is -2.12. The molecule has 5 nitrogen and oxygen atoms in total. The molecule has 1 aromatic heterocycles. The summed E-state index contributed by atoms with van der Waals surface area (Å²) in [7, 11) is -3.41. The second-order valence-electron chi connectivity index (χ2n) is 4.47. The number of nitrogens with zero attached hydrogens (tertiary/aromatic N) is 1. The Morgan fingerprint density at radius 1 is 1.56 bits per heavy atom. The molecule has 90 valence electrons. The van der Waals surface area contributed by atoms with Gasteiger partial charge in [0.1, 0.15) is 5.76 Å². The monoisotopic (exact) mass is 244 g/mol. The van der Waals surface area contributed by atoms with Crippen LogP contribution in [0.25, 0.3) is 0 Å². The zero-order valence-corrected chi connectivity index (χ0v) is 10.5. The Kier molecular flexibility index (Phi) is 3.54. The number of aromatic nitrogens is 1. The fourth-order valence-electron chi connectivity index (χ4n) is 0.982. The second kappa shape index (κ2) is 4.39. The Morgan fingerprint density at radius 2 is 2.19 bits per heavy atom. The van der Waals surface area contributed by atoms with Crippen molar-refractivity contribution in [1.29, 1.82) is 0 Å². The van der Waals surface area contributed by atoms with Gasteiger partial charge in [-0.3, -0.25) is 0 Å². The average molecular weight is 244 g/mol. The van der Waals surface area contributed by atoms with E-state index in [-0.39, 0.29) is 12.0 Å². The molecule has 0 atom stereocenters. The summed E-state index contributed by atoms with van der Waals surface area (Å²) in [6.45, 7) is 9.27. The lowest BCUT2D eigenvalue weighted by molar-refractivity contribution is 0.325. The van der Waals surface area contributed by atoms with E-state index in [9.17, 15) is 8.42 Å². The van der Waals surface area contributed by atoms with Crippen molar-refractivity contribution in [2.24, 2.45) is 0 Å². The highest BCUT2D eigenvalue weighted by atomic mass is 32.2. The molecule has 1 aromatic rings. The summed E-state index contributed by atoms with van der Waals surface area (Å²) < 4.78 is 29.6. The van der Waals surface area contributed by atoms with E-state index in [0.717, 1.165) is 11.2 Å². The summed E-state index contributed by atoms with van der Waals surface area (Å²) >= 11 is 0. The van der Waals surface area contributed by atoms with Crippen LogP contribution >= 0.6 is 0 Å². The Labute approximate surface area is 95.6 Å². The highest BCUT2D eigenvalue weighted by Gasteiger charge is 2.19. The minimum Gasteiger partial charge on any atom is -0.361 e. The van der Waals surface area contributed by atoms with Crippen LogP contribution < -0.4 is 4.72 Å². The van der Waals surface area contributed by atoms with Crippen LogP contribution in [0.4, 0.5) is 0 Å². The third-order valence-electron chi connectivity index (χ3n) is 1.97. The van der Waals surface area contributed by atoms with Gasteiger partial charge in [0.15, 0.2) is 0 Å². The Bertz CT molecular complexity index is 468. The van der Waals surface area contributed by atoms with E-state index in [0.29, 0.717) is 5.69 Å². The molecule has 1 N–H and O–H groups in total. The van der Waals surface area contributed by atoms with E-state index in [1.165, 1.54) is 0 Å². The average Bonchev–Trinajstić information content (AvgIpc) is 2.63. The lowest BCUT2D eigenvalue weighted by Crippen LogP contribution is -2.20. The maximum absolute atomic E-state index is 11.1. The van der Waals surface area contributed by atoms with Crippen LogP contribution in [0.3, 0.4) is 0 Å². The molecule has 16 heavy (non-hydrogen) atoms. The van der Waals surface area contributed by atoms with Gasteiger partial charge in [0.2, 0.25) is 10.0 Å². The SMILES string of the molecule is C=CS(=O)(=O)NCc1cc(C(C)(C)C)on1. The number of rotatable bonds is 4. The quantitative estimate of drug-likeness (QED) is 0.872. The predicted molar refractivity (Wildman–Crippen MR) is 61.2 cm³/mol. The first-order valence-electron chi connectivity index (χ1n) is 4.83. The zero-order chi connectivity index (χ0) is 12.4. The maximum Gasteiger partial charge on any atom is 0.233 e. The van der Waals surface area contributed by atoms with Crippen molar-refractivity contribution in [3.8, 4) is 0 Å². The zero-order valence-electron chi connectivity index (χ0n) is 9.65. The van der Waals surface area contributed by atoms with Gasteiger partial charge < -0.3 is 4.52 Å². The van der Waals surface area contributed by atoms with Crippen LogP contribution in [0.15, 0.2) is 22.6 Å². The minimum atomic E-state index is -3.41. The Hall–Kier alpha value is -1.14. The summed E-state index contributed by atoms with van der Waals surface area (Å²) in [6.07, 6.45) is 0. The van der Waals surface area contributed by atoms with Gasteiger partial charge >= 0.3 is 0 Å². The third kappa shape index (κ3) is 3.46. The molecule has 0 amide bonds. The summed E-state index contributed by atoms with van der Waals surface area (Å²) in [5, 5.41) is 4.64. The molecule has 0 fully saturated rings. The standard InChI is InChI=1S/C10H16N2O3S/c1-5-16(13,14)11-7-8-6-9(15-12-8)10(2,3)4/h5-6,11H,1,7H2,2-4H3. The van der Waals surface area contributed by atoms with Crippen LogP contribution in [0.1, 0.15) is 32.2 Å². The highest BCUT2D eigenvalue weighted by Crippen LogP contribution is 2.22. The summed E-state index contributed by atoms with van der Waals surface area (Å²) in [5.41, 5.74) is 0.415. The van der Waals surface area contributed by atoms with Crippen LogP contribution in [-0.2, 0) is 22.0 Å². The molecular weight excluding hydrogens is 228 g/mol. The number of sulfonamides is 1. The van der Waals surface area contributed by atoms with E-state index in [2.05, 4.69) is 16.5 Å². The fourth-order valence-corrected chi connectivity index (χ4v) is 1.45. The van der Waals surface area contributed by atoms with Gasteiger partial charge in [-0.15, -0.1) is 0 Å². The van der Waals surface area contributed by atoms with Crippen molar-refractivity contribution in [2.75, 3.05) is 0 Å². The number of hydrogen-bond acceptors (Lipinski definition) is 4. The summed E-state index contributed by atoms with van der Waals surface area (Å²) in [6, 6.07) is 1.74. The first-order valence-corrected chi connectivity index (χ1v) is 6.37. The van der Waals surface area contributed by atoms with Gasteiger partial charge in [-0.25, -0.2) is 13.1 Å². The van der Waals surface area contributed by atoms with E-state index in [1.54, 1.807) is 6.07 Å². The number of hydrogen-bond donors (Lipinski definition) is 1. The molecule has 1 heterocycles. The van der Waals surface area contributed by atoms with Crippen molar-refractivity contribution in [2.45, 2.75) is 32.7 Å². The molecule has 1 rings (SSSR count). The van der Waals surface area contributed by atoms with Gasteiger partial charge in [-0.1, -0.05) is 32.5 Å². The second-order valence-corrected chi connectivity index (χ2v) is 6.18. The van der Waals surface area contributed by atoms with Crippen molar-refractivity contribution >= 4 is 10.0 Å². The van der Waals surface area contributed by atoms with Gasteiger partial charge in [0.25, 0.3) is 0 Å². The van der Waals surface area contributed by atoms with Crippen molar-refractivity contribution in [1.82, 2.24) is 9.88 Å². The van der Waals surface area contributed by atoms with Gasteiger partial charge in [0, 0.05) is 16.9 Å². The molecule has 0 aliphatic rings. The maximum atomic E-state index is 11.1. The van der Waals surface area contributed by atoms with Crippen LogP contribution in [0.2, 0.25) is 0 Å². The Morgan fingerprint density at radius 3 is 2.62 bits per heavy atom. The largest absolute Gasteiger partial charge is 0.361 e. The van der Waals surface area contributed by atoms with E-state index >= 15 is 0 Å². The fraction of sp³-hybridized carbons (Fsp3) is 0.500. The first-order chi connectivity index (χ1) is 7.24. The van der Waals surface area contributed by atoms with Crippen LogP contribution in [-0.4, -0.2) is 13.6 Å². The smallest absolute Gasteiger partial charge is 0.233 e. The summed E-state index contributed by atoms with van der Waals surface area (Å²) in [5.74, 6) is 0.723.